The first-order valence-electron chi connectivity index (χ1n) is 7.84. The SMILES string of the molecule is CCOc1ccc(N2C(=O)/C(=C\c3ccc(C(=O)O)cc3)SC2=S)cc1. The molecule has 1 amide bonds. The molecule has 1 aliphatic rings. The van der Waals surface area contributed by atoms with E-state index < -0.39 is 5.97 Å². The van der Waals surface area contributed by atoms with E-state index >= 15 is 0 Å². The molecule has 0 bridgehead atoms. The van der Waals surface area contributed by atoms with Gasteiger partial charge in [0.1, 0.15) is 5.75 Å². The number of carboxylic acids is 1. The van der Waals surface area contributed by atoms with Gasteiger partial charge in [-0.25, -0.2) is 4.79 Å². The fourth-order valence-corrected chi connectivity index (χ4v) is 3.72. The zero-order valence-electron chi connectivity index (χ0n) is 13.8. The summed E-state index contributed by atoms with van der Waals surface area (Å²) in [6, 6.07) is 13.5. The molecule has 3 rings (SSSR count). The molecule has 26 heavy (non-hydrogen) atoms. The molecule has 5 nitrogen and oxygen atoms in total. The number of thiocarbonyl (C=S) groups is 1. The summed E-state index contributed by atoms with van der Waals surface area (Å²) in [7, 11) is 0. The van der Waals surface area contributed by atoms with E-state index in [0.717, 1.165) is 11.3 Å². The van der Waals surface area contributed by atoms with Crippen LogP contribution in [0.3, 0.4) is 0 Å². The van der Waals surface area contributed by atoms with Crippen molar-refractivity contribution in [3.63, 3.8) is 0 Å². The van der Waals surface area contributed by atoms with Crippen molar-refractivity contribution in [2.45, 2.75) is 6.92 Å². The number of hydrogen-bond donors (Lipinski definition) is 1. The molecule has 1 fully saturated rings. The normalized spacial score (nSPS) is 15.6. The number of ether oxygens (including phenoxy) is 1. The fraction of sp³-hybridized carbons (Fsp3) is 0.105. The number of nitrogens with zero attached hydrogens (tertiary/aromatic N) is 1. The Labute approximate surface area is 160 Å². The van der Waals surface area contributed by atoms with Crippen LogP contribution in [0.4, 0.5) is 5.69 Å². The van der Waals surface area contributed by atoms with Gasteiger partial charge in [-0.1, -0.05) is 36.1 Å². The van der Waals surface area contributed by atoms with Crippen LogP contribution in [0, 0.1) is 0 Å². The van der Waals surface area contributed by atoms with Crippen molar-refractivity contribution in [3.8, 4) is 5.75 Å². The Morgan fingerprint density at radius 1 is 1.19 bits per heavy atom. The van der Waals surface area contributed by atoms with Gasteiger partial charge in [0, 0.05) is 0 Å². The number of aromatic carboxylic acids is 1. The van der Waals surface area contributed by atoms with Crippen molar-refractivity contribution in [2.75, 3.05) is 11.5 Å². The van der Waals surface area contributed by atoms with Gasteiger partial charge in [-0.2, -0.15) is 0 Å². The molecule has 7 heteroatoms. The van der Waals surface area contributed by atoms with Crippen LogP contribution >= 0.6 is 24.0 Å². The number of anilines is 1. The van der Waals surface area contributed by atoms with E-state index in [9.17, 15) is 9.59 Å². The van der Waals surface area contributed by atoms with E-state index in [-0.39, 0.29) is 11.5 Å². The topological polar surface area (TPSA) is 66.8 Å². The van der Waals surface area contributed by atoms with Crippen LogP contribution in [-0.2, 0) is 4.79 Å². The lowest BCUT2D eigenvalue weighted by Crippen LogP contribution is -2.27. The van der Waals surface area contributed by atoms with E-state index in [1.54, 1.807) is 42.5 Å². The minimum absolute atomic E-state index is 0.198. The number of carbonyl (C=O) groups excluding carboxylic acids is 1. The highest BCUT2D eigenvalue weighted by molar-refractivity contribution is 8.27. The second kappa shape index (κ2) is 7.72. The number of amides is 1. The maximum Gasteiger partial charge on any atom is 0.335 e. The van der Waals surface area contributed by atoms with Gasteiger partial charge in [0.15, 0.2) is 4.32 Å². The van der Waals surface area contributed by atoms with Crippen LogP contribution in [0.2, 0.25) is 0 Å². The molecule has 2 aromatic carbocycles. The summed E-state index contributed by atoms with van der Waals surface area (Å²) in [6.45, 7) is 2.48. The molecule has 2 aromatic rings. The first kappa shape index (κ1) is 18.2. The zero-order chi connectivity index (χ0) is 18.7. The minimum Gasteiger partial charge on any atom is -0.494 e. The van der Waals surface area contributed by atoms with E-state index in [1.807, 2.05) is 6.92 Å². The highest BCUT2D eigenvalue weighted by Gasteiger charge is 2.33. The standard InChI is InChI=1S/C19H15NO4S2/c1-2-24-15-9-7-14(8-10-15)20-17(21)16(26-19(20)25)11-12-3-5-13(6-4-12)18(22)23/h3-11H,2H2,1H3,(H,22,23)/b16-11+. The number of rotatable bonds is 5. The van der Waals surface area contributed by atoms with Gasteiger partial charge < -0.3 is 9.84 Å². The fourth-order valence-electron chi connectivity index (χ4n) is 2.42. The molecule has 0 aromatic heterocycles. The lowest BCUT2D eigenvalue weighted by atomic mass is 10.1. The van der Waals surface area contributed by atoms with Crippen LogP contribution in [0.1, 0.15) is 22.8 Å². The Bertz CT molecular complexity index is 889. The second-order valence-corrected chi connectivity index (χ2v) is 7.05. The number of carboxylic acid groups (broad SMARTS) is 1. The van der Waals surface area contributed by atoms with Gasteiger partial charge >= 0.3 is 5.97 Å². The Kier molecular flexibility index (Phi) is 5.39. The molecule has 1 saturated heterocycles. The maximum absolute atomic E-state index is 12.7. The molecule has 1 N–H and O–H groups in total. The smallest absolute Gasteiger partial charge is 0.335 e. The van der Waals surface area contributed by atoms with Crippen molar-refractivity contribution >= 4 is 51.9 Å². The van der Waals surface area contributed by atoms with Crippen LogP contribution in [0.15, 0.2) is 53.4 Å². The van der Waals surface area contributed by atoms with Gasteiger partial charge in [-0.3, -0.25) is 9.69 Å². The van der Waals surface area contributed by atoms with E-state index in [0.29, 0.717) is 21.5 Å². The van der Waals surface area contributed by atoms with E-state index in [1.165, 1.54) is 28.8 Å². The highest BCUT2D eigenvalue weighted by atomic mass is 32.2. The monoisotopic (exact) mass is 385 g/mol. The Morgan fingerprint density at radius 2 is 1.85 bits per heavy atom. The molecule has 1 aliphatic heterocycles. The first-order chi connectivity index (χ1) is 12.5. The lowest BCUT2D eigenvalue weighted by molar-refractivity contribution is -0.113. The van der Waals surface area contributed by atoms with Gasteiger partial charge in [-0.05, 0) is 55.0 Å². The summed E-state index contributed by atoms with van der Waals surface area (Å²) >= 11 is 6.57. The largest absolute Gasteiger partial charge is 0.494 e. The third kappa shape index (κ3) is 3.79. The molecule has 0 aliphatic carbocycles. The van der Waals surface area contributed by atoms with Crippen LogP contribution in [0.25, 0.3) is 6.08 Å². The maximum atomic E-state index is 12.7. The number of thioether (sulfide) groups is 1. The van der Waals surface area contributed by atoms with Crippen molar-refractivity contribution in [1.82, 2.24) is 0 Å². The predicted molar refractivity (Wildman–Crippen MR) is 107 cm³/mol. The van der Waals surface area contributed by atoms with Crippen LogP contribution < -0.4 is 9.64 Å². The summed E-state index contributed by atoms with van der Waals surface area (Å²) in [5.41, 5.74) is 1.62. The molecule has 0 atom stereocenters. The van der Waals surface area contributed by atoms with Gasteiger partial charge in [0.25, 0.3) is 5.91 Å². The second-order valence-electron chi connectivity index (χ2n) is 5.37. The zero-order valence-corrected chi connectivity index (χ0v) is 15.5. The summed E-state index contributed by atoms with van der Waals surface area (Å²) in [4.78, 5) is 25.6. The molecule has 0 spiro atoms. The number of carbonyl (C=O) groups is 2. The molecule has 0 unspecified atom stereocenters. The summed E-state index contributed by atoms with van der Waals surface area (Å²) in [5.74, 6) is -0.458. The molecule has 0 radical (unpaired) electrons. The average molecular weight is 385 g/mol. The molecule has 0 saturated carbocycles. The predicted octanol–water partition coefficient (Wildman–Crippen LogP) is 4.19. The molecule has 1 heterocycles. The third-order valence-corrected chi connectivity index (χ3v) is 4.96. The first-order valence-corrected chi connectivity index (χ1v) is 9.06. The van der Waals surface area contributed by atoms with Gasteiger partial charge in [0.05, 0.1) is 22.8 Å². The Morgan fingerprint density at radius 3 is 2.42 bits per heavy atom. The molecular formula is C19H15NO4S2. The minimum atomic E-state index is -0.988. The van der Waals surface area contributed by atoms with Crippen molar-refractivity contribution in [1.29, 1.82) is 0 Å². The molecule has 132 valence electrons. The van der Waals surface area contributed by atoms with Crippen LogP contribution in [0.5, 0.6) is 5.75 Å². The summed E-state index contributed by atoms with van der Waals surface area (Å²) in [5, 5.41) is 8.94. The van der Waals surface area contributed by atoms with Gasteiger partial charge in [0.2, 0.25) is 0 Å². The average Bonchev–Trinajstić information content (AvgIpc) is 2.90. The van der Waals surface area contributed by atoms with Crippen molar-refractivity contribution in [3.05, 3.63) is 64.6 Å². The third-order valence-electron chi connectivity index (χ3n) is 3.66. The van der Waals surface area contributed by atoms with Crippen LogP contribution in [-0.4, -0.2) is 27.9 Å². The van der Waals surface area contributed by atoms with E-state index in [2.05, 4.69) is 0 Å². The summed E-state index contributed by atoms with van der Waals surface area (Å²) < 4.78 is 5.86. The highest BCUT2D eigenvalue weighted by Crippen LogP contribution is 2.36. The summed E-state index contributed by atoms with van der Waals surface area (Å²) in [6.07, 6.45) is 1.71. The number of hydrogen-bond acceptors (Lipinski definition) is 5. The van der Waals surface area contributed by atoms with Crippen molar-refractivity contribution in [2.24, 2.45) is 0 Å². The Hall–Kier alpha value is -2.64. The molecular weight excluding hydrogens is 370 g/mol. The van der Waals surface area contributed by atoms with E-state index in [4.69, 9.17) is 22.1 Å². The lowest BCUT2D eigenvalue weighted by Gasteiger charge is -2.15. The number of benzene rings is 2. The Balaban J connectivity index is 1.82. The van der Waals surface area contributed by atoms with Crippen molar-refractivity contribution < 1.29 is 19.4 Å². The van der Waals surface area contributed by atoms with Gasteiger partial charge in [-0.15, -0.1) is 0 Å². The quantitative estimate of drug-likeness (QED) is 0.615.